The summed E-state index contributed by atoms with van der Waals surface area (Å²) in [5, 5.41) is 4.14. The van der Waals surface area contributed by atoms with Crippen molar-refractivity contribution in [2.45, 2.75) is 13.0 Å². The van der Waals surface area contributed by atoms with Gasteiger partial charge in [-0.2, -0.15) is 0 Å². The summed E-state index contributed by atoms with van der Waals surface area (Å²) >= 11 is 6.40. The van der Waals surface area contributed by atoms with Gasteiger partial charge in [-0.15, -0.1) is 0 Å². The Kier molecular flexibility index (Phi) is 6.77. The van der Waals surface area contributed by atoms with Crippen LogP contribution in [0.3, 0.4) is 0 Å². The van der Waals surface area contributed by atoms with E-state index in [2.05, 4.69) is 28.4 Å². The highest BCUT2D eigenvalue weighted by atomic mass is 35.5. The number of hydrogen-bond acceptors (Lipinski definition) is 4. The Morgan fingerprint density at radius 2 is 2.19 bits per heavy atom. The van der Waals surface area contributed by atoms with E-state index in [0.29, 0.717) is 12.5 Å². The van der Waals surface area contributed by atoms with Gasteiger partial charge in [0.2, 0.25) is 0 Å². The summed E-state index contributed by atoms with van der Waals surface area (Å²) in [6, 6.07) is 6.35. The number of methoxy groups -OCH3 is 2. The number of halogens is 1. The summed E-state index contributed by atoms with van der Waals surface area (Å²) < 4.78 is 10.3. The van der Waals surface area contributed by atoms with Crippen molar-refractivity contribution in [3.8, 4) is 0 Å². The summed E-state index contributed by atoms with van der Waals surface area (Å²) in [6.07, 6.45) is 1.19. The molecule has 0 spiro atoms. The van der Waals surface area contributed by atoms with E-state index >= 15 is 0 Å². The predicted octanol–water partition coefficient (Wildman–Crippen LogP) is 2.55. The number of nitrogens with one attached hydrogen (secondary N) is 1. The van der Waals surface area contributed by atoms with Crippen molar-refractivity contribution < 1.29 is 9.47 Å². The molecule has 4 nitrogen and oxygen atoms in total. The molecule has 1 heterocycles. The highest BCUT2D eigenvalue weighted by Crippen LogP contribution is 2.28. The molecule has 1 atom stereocenters. The predicted molar refractivity (Wildman–Crippen MR) is 87.2 cm³/mol. The zero-order valence-electron chi connectivity index (χ0n) is 12.9. The van der Waals surface area contributed by atoms with Crippen LogP contribution in [0.5, 0.6) is 0 Å². The maximum atomic E-state index is 6.40. The topological polar surface area (TPSA) is 33.7 Å². The molecule has 0 amide bonds. The number of ether oxygens (including phenoxy) is 2. The normalized spacial score (nSPS) is 18.4. The van der Waals surface area contributed by atoms with Crippen molar-refractivity contribution in [2.75, 3.05) is 52.0 Å². The minimum Gasteiger partial charge on any atom is -0.384 e. The molecule has 1 N–H and O–H groups in total. The monoisotopic (exact) mass is 312 g/mol. The van der Waals surface area contributed by atoms with Gasteiger partial charge in [-0.1, -0.05) is 17.7 Å². The second-order valence-electron chi connectivity index (χ2n) is 5.50. The zero-order valence-corrected chi connectivity index (χ0v) is 13.7. The van der Waals surface area contributed by atoms with Gasteiger partial charge in [-0.25, -0.2) is 0 Å². The molecule has 0 aromatic heterocycles. The molecule has 0 saturated carbocycles. The number of anilines is 1. The highest BCUT2D eigenvalue weighted by Gasteiger charge is 2.22. The second kappa shape index (κ2) is 8.59. The first-order valence-electron chi connectivity index (χ1n) is 7.46. The van der Waals surface area contributed by atoms with Crippen molar-refractivity contribution in [3.63, 3.8) is 0 Å². The van der Waals surface area contributed by atoms with Crippen LogP contribution in [0.1, 0.15) is 12.0 Å². The van der Waals surface area contributed by atoms with Crippen molar-refractivity contribution >= 4 is 17.3 Å². The summed E-state index contributed by atoms with van der Waals surface area (Å²) in [6.45, 7) is 5.29. The van der Waals surface area contributed by atoms with Gasteiger partial charge in [0.1, 0.15) is 0 Å². The summed E-state index contributed by atoms with van der Waals surface area (Å²) in [5.41, 5.74) is 2.34. The quantitative estimate of drug-likeness (QED) is 0.748. The molecule has 0 aliphatic carbocycles. The minimum absolute atomic E-state index is 0.629. The molecule has 0 radical (unpaired) electrons. The van der Waals surface area contributed by atoms with Gasteiger partial charge in [0, 0.05) is 57.0 Å². The smallest absolute Gasteiger partial charge is 0.0587 e. The maximum absolute atomic E-state index is 6.40. The van der Waals surface area contributed by atoms with Gasteiger partial charge in [-0.05, 0) is 24.1 Å². The van der Waals surface area contributed by atoms with Gasteiger partial charge in [-0.3, -0.25) is 0 Å². The van der Waals surface area contributed by atoms with Crippen molar-refractivity contribution in [2.24, 2.45) is 5.92 Å². The standard InChI is InChI=1S/C16H25ClN2O2/c1-20-8-6-18-10-14-3-4-15(9-16(14)17)19-7-5-13(11-19)12-21-2/h3-4,9,13,18H,5-8,10-12H2,1-2H3. The van der Waals surface area contributed by atoms with E-state index in [9.17, 15) is 0 Å². The Labute approximate surface area is 132 Å². The fraction of sp³-hybridized carbons (Fsp3) is 0.625. The molecule has 1 fully saturated rings. The number of benzene rings is 1. The molecule has 2 rings (SSSR count). The zero-order chi connectivity index (χ0) is 15.1. The SMILES string of the molecule is COCCNCc1ccc(N2CCC(COC)C2)cc1Cl. The Morgan fingerprint density at radius 1 is 1.33 bits per heavy atom. The summed E-state index contributed by atoms with van der Waals surface area (Å²) in [5.74, 6) is 0.629. The lowest BCUT2D eigenvalue weighted by Gasteiger charge is -2.20. The maximum Gasteiger partial charge on any atom is 0.0587 e. The molecule has 1 aliphatic heterocycles. The van der Waals surface area contributed by atoms with Gasteiger partial charge in [0.25, 0.3) is 0 Å². The van der Waals surface area contributed by atoms with Gasteiger partial charge >= 0.3 is 0 Å². The first-order valence-corrected chi connectivity index (χ1v) is 7.84. The number of rotatable bonds is 8. The van der Waals surface area contributed by atoms with E-state index in [0.717, 1.165) is 43.4 Å². The summed E-state index contributed by atoms with van der Waals surface area (Å²) in [7, 11) is 3.47. The second-order valence-corrected chi connectivity index (χ2v) is 5.91. The van der Waals surface area contributed by atoms with Crippen LogP contribution in [-0.4, -0.2) is 47.1 Å². The van der Waals surface area contributed by atoms with E-state index in [-0.39, 0.29) is 0 Å². The fourth-order valence-electron chi connectivity index (χ4n) is 2.71. The van der Waals surface area contributed by atoms with Crippen LogP contribution in [0.2, 0.25) is 5.02 Å². The van der Waals surface area contributed by atoms with Crippen LogP contribution in [0.15, 0.2) is 18.2 Å². The van der Waals surface area contributed by atoms with Crippen LogP contribution in [0, 0.1) is 5.92 Å². The minimum atomic E-state index is 0.629. The highest BCUT2D eigenvalue weighted by molar-refractivity contribution is 6.31. The molecular formula is C16H25ClN2O2. The Bertz CT molecular complexity index is 442. The molecule has 1 unspecified atom stereocenters. The lowest BCUT2D eigenvalue weighted by Crippen LogP contribution is -2.21. The van der Waals surface area contributed by atoms with E-state index in [1.165, 1.54) is 12.1 Å². The largest absolute Gasteiger partial charge is 0.384 e. The number of nitrogens with zero attached hydrogens (tertiary/aromatic N) is 1. The molecule has 21 heavy (non-hydrogen) atoms. The van der Waals surface area contributed by atoms with Gasteiger partial charge < -0.3 is 19.7 Å². The lowest BCUT2D eigenvalue weighted by atomic mass is 10.1. The Balaban J connectivity index is 1.90. The molecular weight excluding hydrogens is 288 g/mol. The fourth-order valence-corrected chi connectivity index (χ4v) is 2.95. The third-order valence-corrected chi connectivity index (χ3v) is 4.24. The van der Waals surface area contributed by atoms with Crippen LogP contribution in [0.4, 0.5) is 5.69 Å². The first kappa shape index (κ1) is 16.6. The van der Waals surface area contributed by atoms with E-state index in [4.69, 9.17) is 21.1 Å². The average molecular weight is 313 g/mol. The molecule has 118 valence electrons. The van der Waals surface area contributed by atoms with Crippen molar-refractivity contribution in [1.29, 1.82) is 0 Å². The number of hydrogen-bond donors (Lipinski definition) is 1. The Morgan fingerprint density at radius 3 is 2.90 bits per heavy atom. The third-order valence-electron chi connectivity index (χ3n) is 3.89. The molecule has 1 saturated heterocycles. The molecule has 0 bridgehead atoms. The molecule has 1 aliphatic rings. The molecule has 5 heteroatoms. The van der Waals surface area contributed by atoms with E-state index < -0.39 is 0 Å². The van der Waals surface area contributed by atoms with Gasteiger partial charge in [0.05, 0.1) is 13.2 Å². The third kappa shape index (κ3) is 4.85. The van der Waals surface area contributed by atoms with Crippen molar-refractivity contribution in [1.82, 2.24) is 5.32 Å². The average Bonchev–Trinajstić information content (AvgIpc) is 2.94. The first-order chi connectivity index (χ1) is 10.2. The van der Waals surface area contributed by atoms with Crippen molar-refractivity contribution in [3.05, 3.63) is 28.8 Å². The summed E-state index contributed by atoms with van der Waals surface area (Å²) in [4.78, 5) is 2.39. The lowest BCUT2D eigenvalue weighted by molar-refractivity contribution is 0.161. The van der Waals surface area contributed by atoms with Crippen LogP contribution < -0.4 is 10.2 Å². The van der Waals surface area contributed by atoms with E-state index in [1.54, 1.807) is 14.2 Å². The van der Waals surface area contributed by atoms with Crippen LogP contribution >= 0.6 is 11.6 Å². The van der Waals surface area contributed by atoms with Crippen LogP contribution in [-0.2, 0) is 16.0 Å². The van der Waals surface area contributed by atoms with E-state index in [1.807, 2.05) is 0 Å². The van der Waals surface area contributed by atoms with Gasteiger partial charge in [0.15, 0.2) is 0 Å². The Hall–Kier alpha value is -0.810. The van der Waals surface area contributed by atoms with Crippen LogP contribution in [0.25, 0.3) is 0 Å². The molecule has 1 aromatic rings. The molecule has 1 aromatic carbocycles.